The molecule has 0 unspecified atom stereocenters. The minimum atomic E-state index is -5.42. The highest BCUT2D eigenvalue weighted by molar-refractivity contribution is 6.04. The number of aromatic carboxylic acids is 1. The number of amides is 1. The Morgan fingerprint density at radius 2 is 1.85 bits per heavy atom. The highest BCUT2D eigenvalue weighted by Crippen LogP contribution is 2.32. The maximum Gasteiger partial charge on any atom is 0.471 e. The summed E-state index contributed by atoms with van der Waals surface area (Å²) in [4.78, 5) is 30.6. The predicted octanol–water partition coefficient (Wildman–Crippen LogP) is 1.93. The summed E-state index contributed by atoms with van der Waals surface area (Å²) in [5.41, 5.74) is -3.98. The van der Waals surface area contributed by atoms with Crippen molar-refractivity contribution in [1.29, 1.82) is 0 Å². The first kappa shape index (κ1) is 15.3. The van der Waals surface area contributed by atoms with Crippen molar-refractivity contribution in [1.82, 2.24) is 0 Å². The van der Waals surface area contributed by atoms with Crippen LogP contribution in [0.3, 0.4) is 0 Å². The maximum absolute atomic E-state index is 13.2. The number of benzene rings is 1. The number of nitro benzene ring substituents is 1. The third-order valence-corrected chi connectivity index (χ3v) is 2.04. The number of hydrogen-bond acceptors (Lipinski definition) is 4. The molecule has 0 radical (unpaired) electrons. The molecule has 7 nitrogen and oxygen atoms in total. The van der Waals surface area contributed by atoms with Crippen molar-refractivity contribution in [3.05, 3.63) is 33.6 Å². The average molecular weight is 296 g/mol. The molecule has 11 heteroatoms. The Balaban J connectivity index is 3.48. The molecule has 1 rings (SSSR count). The van der Waals surface area contributed by atoms with Crippen LogP contribution in [0.2, 0.25) is 0 Å². The molecule has 0 spiro atoms. The SMILES string of the molecule is O=C(O)c1ccc(F)c([N+](=O)[O-])c1NC(=O)C(F)(F)F. The number of hydrogen-bond donors (Lipinski definition) is 2. The van der Waals surface area contributed by atoms with Gasteiger partial charge in [0.15, 0.2) is 0 Å². The highest BCUT2D eigenvalue weighted by Gasteiger charge is 2.41. The van der Waals surface area contributed by atoms with Crippen molar-refractivity contribution >= 4 is 23.3 Å². The minimum absolute atomic E-state index is 0.394. The second-order valence-electron chi connectivity index (χ2n) is 3.33. The molecule has 0 heterocycles. The number of carbonyl (C=O) groups is 2. The number of carboxylic acids is 1. The Bertz CT molecular complexity index is 599. The molecule has 0 atom stereocenters. The van der Waals surface area contributed by atoms with Crippen LogP contribution in [0.4, 0.5) is 28.9 Å². The molecule has 20 heavy (non-hydrogen) atoms. The molecule has 1 aromatic rings. The summed E-state index contributed by atoms with van der Waals surface area (Å²) in [5.74, 6) is -6.11. The van der Waals surface area contributed by atoms with E-state index >= 15 is 0 Å². The molecule has 108 valence electrons. The van der Waals surface area contributed by atoms with E-state index in [1.54, 1.807) is 0 Å². The number of carboxylic acid groups (broad SMARTS) is 1. The van der Waals surface area contributed by atoms with Crippen LogP contribution in [0, 0.1) is 15.9 Å². The second kappa shape index (κ2) is 5.11. The zero-order valence-electron chi connectivity index (χ0n) is 9.19. The quantitative estimate of drug-likeness (QED) is 0.503. The molecular weight excluding hydrogens is 292 g/mol. The first-order chi connectivity index (χ1) is 9.05. The van der Waals surface area contributed by atoms with E-state index in [4.69, 9.17) is 5.11 Å². The van der Waals surface area contributed by atoms with Gasteiger partial charge in [0.05, 0.1) is 10.5 Å². The van der Waals surface area contributed by atoms with E-state index in [9.17, 15) is 37.3 Å². The summed E-state index contributed by atoms with van der Waals surface area (Å²) in [6.45, 7) is 0. The van der Waals surface area contributed by atoms with E-state index in [0.717, 1.165) is 5.32 Å². The van der Waals surface area contributed by atoms with Gasteiger partial charge in [-0.2, -0.15) is 17.6 Å². The summed E-state index contributed by atoms with van der Waals surface area (Å²) in [5, 5.41) is 20.3. The fourth-order valence-corrected chi connectivity index (χ4v) is 1.23. The minimum Gasteiger partial charge on any atom is -0.478 e. The van der Waals surface area contributed by atoms with Gasteiger partial charge in [0, 0.05) is 0 Å². The van der Waals surface area contributed by atoms with Crippen LogP contribution in [-0.2, 0) is 4.79 Å². The van der Waals surface area contributed by atoms with Gasteiger partial charge >= 0.3 is 23.7 Å². The summed E-state index contributed by atoms with van der Waals surface area (Å²) < 4.78 is 49.5. The van der Waals surface area contributed by atoms with Crippen LogP contribution in [0.25, 0.3) is 0 Å². The summed E-state index contributed by atoms with van der Waals surface area (Å²) in [6, 6.07) is 0.890. The molecule has 2 N–H and O–H groups in total. The molecule has 0 fully saturated rings. The molecule has 0 aromatic heterocycles. The fraction of sp³-hybridized carbons (Fsp3) is 0.111. The summed E-state index contributed by atoms with van der Waals surface area (Å²) in [7, 11) is 0. The van der Waals surface area contributed by atoms with Crippen molar-refractivity contribution < 1.29 is 37.2 Å². The zero-order chi connectivity index (χ0) is 15.7. The van der Waals surface area contributed by atoms with Gasteiger partial charge in [-0.25, -0.2) is 4.79 Å². The lowest BCUT2D eigenvalue weighted by Crippen LogP contribution is -2.31. The van der Waals surface area contributed by atoms with E-state index in [0.29, 0.717) is 12.1 Å². The van der Waals surface area contributed by atoms with Crippen LogP contribution in [0.15, 0.2) is 12.1 Å². The number of alkyl halides is 3. The first-order valence-corrected chi connectivity index (χ1v) is 4.64. The predicted molar refractivity (Wildman–Crippen MR) is 54.7 cm³/mol. The topological polar surface area (TPSA) is 110 Å². The Morgan fingerprint density at radius 1 is 1.30 bits per heavy atom. The van der Waals surface area contributed by atoms with Crippen LogP contribution in [0.5, 0.6) is 0 Å². The molecule has 1 amide bonds. The van der Waals surface area contributed by atoms with Gasteiger partial charge in [0.25, 0.3) is 0 Å². The van der Waals surface area contributed by atoms with Gasteiger partial charge in [0.2, 0.25) is 5.82 Å². The summed E-state index contributed by atoms with van der Waals surface area (Å²) >= 11 is 0. The van der Waals surface area contributed by atoms with Gasteiger partial charge < -0.3 is 10.4 Å². The maximum atomic E-state index is 13.2. The largest absolute Gasteiger partial charge is 0.478 e. The van der Waals surface area contributed by atoms with Gasteiger partial charge in [0.1, 0.15) is 5.69 Å². The van der Waals surface area contributed by atoms with E-state index in [-0.39, 0.29) is 0 Å². The number of nitrogens with zero attached hydrogens (tertiary/aromatic N) is 1. The molecule has 0 aliphatic heterocycles. The average Bonchev–Trinajstić information content (AvgIpc) is 2.26. The number of halogens is 4. The number of nitro groups is 1. The number of carbonyl (C=O) groups excluding carboxylic acids is 1. The van der Waals surface area contributed by atoms with Crippen LogP contribution >= 0.6 is 0 Å². The smallest absolute Gasteiger partial charge is 0.471 e. The highest BCUT2D eigenvalue weighted by atomic mass is 19.4. The molecule has 0 aliphatic rings. The lowest BCUT2D eigenvalue weighted by Gasteiger charge is -2.11. The van der Waals surface area contributed by atoms with Crippen LogP contribution < -0.4 is 5.32 Å². The molecule has 0 bridgehead atoms. The lowest BCUT2D eigenvalue weighted by atomic mass is 10.1. The Morgan fingerprint density at radius 3 is 2.25 bits per heavy atom. The Kier molecular flexibility index (Phi) is 3.92. The Labute approximate surface area is 107 Å². The number of anilines is 1. The molecule has 0 saturated carbocycles. The van der Waals surface area contributed by atoms with Crippen LogP contribution in [0.1, 0.15) is 10.4 Å². The van der Waals surface area contributed by atoms with E-state index in [2.05, 4.69) is 0 Å². The Hall–Kier alpha value is -2.72. The van der Waals surface area contributed by atoms with E-state index in [1.807, 2.05) is 0 Å². The van der Waals surface area contributed by atoms with Gasteiger partial charge in [-0.05, 0) is 12.1 Å². The monoisotopic (exact) mass is 296 g/mol. The molecular formula is C9H4F4N2O5. The van der Waals surface area contributed by atoms with E-state index < -0.39 is 45.7 Å². The molecule has 0 saturated heterocycles. The fourth-order valence-electron chi connectivity index (χ4n) is 1.23. The standard InChI is InChI=1S/C9H4F4N2O5/c10-4-2-1-3(7(16)17)5(6(4)15(19)20)14-8(18)9(11,12)13/h1-2H,(H,14,18)(H,16,17). The first-order valence-electron chi connectivity index (χ1n) is 4.64. The van der Waals surface area contributed by atoms with Crippen molar-refractivity contribution in [2.75, 3.05) is 5.32 Å². The third-order valence-electron chi connectivity index (χ3n) is 2.04. The van der Waals surface area contributed by atoms with Crippen molar-refractivity contribution in [3.8, 4) is 0 Å². The van der Waals surface area contributed by atoms with E-state index in [1.165, 1.54) is 0 Å². The normalized spacial score (nSPS) is 11.0. The van der Waals surface area contributed by atoms with Crippen molar-refractivity contribution in [3.63, 3.8) is 0 Å². The zero-order valence-corrected chi connectivity index (χ0v) is 9.19. The third kappa shape index (κ3) is 2.99. The van der Waals surface area contributed by atoms with Gasteiger partial charge in [-0.3, -0.25) is 14.9 Å². The molecule has 1 aromatic carbocycles. The number of nitrogens with one attached hydrogen (secondary N) is 1. The molecule has 0 aliphatic carbocycles. The van der Waals surface area contributed by atoms with Crippen molar-refractivity contribution in [2.24, 2.45) is 0 Å². The second-order valence-corrected chi connectivity index (χ2v) is 3.33. The number of rotatable bonds is 3. The van der Waals surface area contributed by atoms with Gasteiger partial charge in [-0.15, -0.1) is 0 Å². The van der Waals surface area contributed by atoms with Crippen LogP contribution in [-0.4, -0.2) is 28.1 Å². The van der Waals surface area contributed by atoms with Gasteiger partial charge in [-0.1, -0.05) is 0 Å². The van der Waals surface area contributed by atoms with Crippen molar-refractivity contribution in [2.45, 2.75) is 6.18 Å². The lowest BCUT2D eigenvalue weighted by molar-refractivity contribution is -0.386. The summed E-state index contributed by atoms with van der Waals surface area (Å²) in [6.07, 6.45) is -5.42.